The summed E-state index contributed by atoms with van der Waals surface area (Å²) in [7, 11) is 0. The molecule has 0 aliphatic rings. The number of nitrogens with zero attached hydrogens (tertiary/aromatic N) is 2. The SMILES string of the molecule is c1ccc(-c2cn[nH]c2-c2cscn2)cc1. The van der Waals surface area contributed by atoms with Gasteiger partial charge in [-0.15, -0.1) is 11.3 Å². The van der Waals surface area contributed by atoms with E-state index in [0.717, 1.165) is 22.5 Å². The molecule has 2 heterocycles. The third kappa shape index (κ3) is 1.53. The number of hydrogen-bond acceptors (Lipinski definition) is 3. The number of rotatable bonds is 2. The maximum atomic E-state index is 4.29. The Morgan fingerprint density at radius 1 is 1.12 bits per heavy atom. The average Bonchev–Trinajstić information content (AvgIpc) is 3.01. The van der Waals surface area contributed by atoms with E-state index in [1.54, 1.807) is 11.3 Å². The minimum absolute atomic E-state index is 0.946. The molecule has 1 N–H and O–H groups in total. The first-order chi connectivity index (χ1) is 7.95. The summed E-state index contributed by atoms with van der Waals surface area (Å²) >= 11 is 1.58. The number of hydrogen-bond donors (Lipinski definition) is 1. The quantitative estimate of drug-likeness (QED) is 0.730. The van der Waals surface area contributed by atoms with Crippen molar-refractivity contribution >= 4 is 11.3 Å². The summed E-state index contributed by atoms with van der Waals surface area (Å²) in [6.07, 6.45) is 1.84. The average molecular weight is 227 g/mol. The van der Waals surface area contributed by atoms with Gasteiger partial charge in [-0.05, 0) is 5.56 Å². The molecule has 3 rings (SSSR count). The second-order valence-electron chi connectivity index (χ2n) is 3.40. The summed E-state index contributed by atoms with van der Waals surface area (Å²) < 4.78 is 0. The van der Waals surface area contributed by atoms with Gasteiger partial charge in [0, 0.05) is 10.9 Å². The van der Waals surface area contributed by atoms with Crippen LogP contribution in [0, 0.1) is 0 Å². The van der Waals surface area contributed by atoms with Gasteiger partial charge in [0.1, 0.15) is 0 Å². The van der Waals surface area contributed by atoms with Crippen LogP contribution in [-0.4, -0.2) is 15.2 Å². The van der Waals surface area contributed by atoms with E-state index in [1.165, 1.54) is 0 Å². The van der Waals surface area contributed by atoms with Crippen LogP contribution in [0.5, 0.6) is 0 Å². The number of aromatic amines is 1. The Bertz CT molecular complexity index is 569. The van der Waals surface area contributed by atoms with Crippen molar-refractivity contribution in [3.05, 3.63) is 47.4 Å². The Morgan fingerprint density at radius 2 is 2.00 bits per heavy atom. The highest BCUT2D eigenvalue weighted by Crippen LogP contribution is 2.29. The van der Waals surface area contributed by atoms with Crippen LogP contribution < -0.4 is 0 Å². The zero-order chi connectivity index (χ0) is 10.8. The number of nitrogens with one attached hydrogen (secondary N) is 1. The normalized spacial score (nSPS) is 10.5. The lowest BCUT2D eigenvalue weighted by atomic mass is 10.1. The lowest BCUT2D eigenvalue weighted by Gasteiger charge is -1.99. The van der Waals surface area contributed by atoms with Gasteiger partial charge in [-0.1, -0.05) is 30.3 Å². The highest BCUT2D eigenvalue weighted by molar-refractivity contribution is 7.07. The van der Waals surface area contributed by atoms with Crippen molar-refractivity contribution in [2.75, 3.05) is 0 Å². The molecule has 0 atom stereocenters. The van der Waals surface area contributed by atoms with E-state index in [-0.39, 0.29) is 0 Å². The van der Waals surface area contributed by atoms with E-state index in [2.05, 4.69) is 27.3 Å². The van der Waals surface area contributed by atoms with Crippen LogP contribution in [0.4, 0.5) is 0 Å². The largest absolute Gasteiger partial charge is 0.276 e. The van der Waals surface area contributed by atoms with Gasteiger partial charge in [0.25, 0.3) is 0 Å². The molecule has 3 aromatic rings. The van der Waals surface area contributed by atoms with Gasteiger partial charge in [-0.3, -0.25) is 5.10 Å². The molecule has 3 nitrogen and oxygen atoms in total. The Morgan fingerprint density at radius 3 is 2.75 bits per heavy atom. The van der Waals surface area contributed by atoms with Crippen LogP contribution >= 0.6 is 11.3 Å². The fraction of sp³-hybridized carbons (Fsp3) is 0. The van der Waals surface area contributed by atoms with E-state index in [1.807, 2.05) is 35.3 Å². The number of aromatic nitrogens is 3. The second-order valence-corrected chi connectivity index (χ2v) is 4.12. The lowest BCUT2D eigenvalue weighted by molar-refractivity contribution is 1.09. The zero-order valence-corrected chi connectivity index (χ0v) is 9.24. The van der Waals surface area contributed by atoms with Gasteiger partial charge in [-0.25, -0.2) is 4.98 Å². The van der Waals surface area contributed by atoms with Crippen molar-refractivity contribution in [3.63, 3.8) is 0 Å². The summed E-state index contributed by atoms with van der Waals surface area (Å²) in [6, 6.07) is 10.2. The van der Waals surface area contributed by atoms with Gasteiger partial charge in [-0.2, -0.15) is 5.10 Å². The monoisotopic (exact) mass is 227 g/mol. The molecule has 0 fully saturated rings. The van der Waals surface area contributed by atoms with Crippen LogP contribution in [0.2, 0.25) is 0 Å². The Hall–Kier alpha value is -1.94. The molecular weight excluding hydrogens is 218 g/mol. The zero-order valence-electron chi connectivity index (χ0n) is 8.42. The van der Waals surface area contributed by atoms with Crippen molar-refractivity contribution in [3.8, 4) is 22.5 Å². The Kier molecular flexibility index (Phi) is 2.27. The summed E-state index contributed by atoms with van der Waals surface area (Å²) in [5, 5.41) is 9.11. The van der Waals surface area contributed by atoms with Crippen LogP contribution in [0.3, 0.4) is 0 Å². The van der Waals surface area contributed by atoms with E-state index in [9.17, 15) is 0 Å². The molecule has 16 heavy (non-hydrogen) atoms. The molecule has 0 amide bonds. The van der Waals surface area contributed by atoms with Crippen LogP contribution in [0.1, 0.15) is 0 Å². The number of thiazole rings is 1. The fourth-order valence-corrected chi connectivity index (χ4v) is 2.20. The maximum Gasteiger partial charge on any atom is 0.0995 e. The molecule has 0 radical (unpaired) electrons. The highest BCUT2D eigenvalue weighted by atomic mass is 32.1. The highest BCUT2D eigenvalue weighted by Gasteiger charge is 2.10. The molecule has 0 spiro atoms. The third-order valence-corrected chi connectivity index (χ3v) is 3.00. The topological polar surface area (TPSA) is 41.6 Å². The van der Waals surface area contributed by atoms with E-state index in [0.29, 0.717) is 0 Å². The minimum atomic E-state index is 0.946. The number of H-pyrrole nitrogens is 1. The van der Waals surface area contributed by atoms with Crippen LogP contribution in [0.15, 0.2) is 47.4 Å². The first-order valence-electron chi connectivity index (χ1n) is 4.92. The Labute approximate surface area is 96.8 Å². The van der Waals surface area contributed by atoms with Crippen LogP contribution in [-0.2, 0) is 0 Å². The minimum Gasteiger partial charge on any atom is -0.276 e. The molecule has 2 aromatic heterocycles. The van der Waals surface area contributed by atoms with Gasteiger partial charge < -0.3 is 0 Å². The fourth-order valence-electron chi connectivity index (χ4n) is 1.65. The van der Waals surface area contributed by atoms with E-state index in [4.69, 9.17) is 0 Å². The maximum absolute atomic E-state index is 4.29. The molecule has 0 unspecified atom stereocenters. The van der Waals surface area contributed by atoms with Gasteiger partial charge in [0.15, 0.2) is 0 Å². The van der Waals surface area contributed by atoms with Crippen molar-refractivity contribution in [2.45, 2.75) is 0 Å². The standard InChI is InChI=1S/C12H9N3S/c1-2-4-9(5-3-1)10-6-14-15-12(10)11-7-16-8-13-11/h1-8H,(H,14,15). The molecule has 4 heteroatoms. The van der Waals surface area contributed by atoms with Crippen molar-refractivity contribution < 1.29 is 0 Å². The third-order valence-electron chi connectivity index (χ3n) is 2.41. The molecule has 1 aromatic carbocycles. The van der Waals surface area contributed by atoms with Crippen molar-refractivity contribution in [1.82, 2.24) is 15.2 Å². The van der Waals surface area contributed by atoms with Crippen molar-refractivity contribution in [1.29, 1.82) is 0 Å². The van der Waals surface area contributed by atoms with Crippen molar-refractivity contribution in [2.24, 2.45) is 0 Å². The lowest BCUT2D eigenvalue weighted by Crippen LogP contribution is -1.81. The number of benzene rings is 1. The van der Waals surface area contributed by atoms with Gasteiger partial charge >= 0.3 is 0 Å². The summed E-state index contributed by atoms with van der Waals surface area (Å²) in [5.41, 5.74) is 5.99. The van der Waals surface area contributed by atoms with E-state index >= 15 is 0 Å². The first kappa shape index (κ1) is 9.30. The molecule has 0 aliphatic heterocycles. The van der Waals surface area contributed by atoms with Gasteiger partial charge in [0.05, 0.1) is 23.1 Å². The molecule has 0 saturated carbocycles. The predicted octanol–water partition coefficient (Wildman–Crippen LogP) is 3.20. The second kappa shape index (κ2) is 3.90. The first-order valence-corrected chi connectivity index (χ1v) is 5.87. The summed E-state index contributed by atoms with van der Waals surface area (Å²) in [6.45, 7) is 0. The molecular formula is C12H9N3S. The molecule has 0 saturated heterocycles. The summed E-state index contributed by atoms with van der Waals surface area (Å²) in [4.78, 5) is 4.29. The molecule has 78 valence electrons. The van der Waals surface area contributed by atoms with Crippen LogP contribution in [0.25, 0.3) is 22.5 Å². The molecule has 0 aliphatic carbocycles. The Balaban J connectivity index is 2.14. The summed E-state index contributed by atoms with van der Waals surface area (Å²) in [5.74, 6) is 0. The van der Waals surface area contributed by atoms with E-state index < -0.39 is 0 Å². The van der Waals surface area contributed by atoms with Gasteiger partial charge in [0.2, 0.25) is 0 Å². The predicted molar refractivity (Wildman–Crippen MR) is 65.1 cm³/mol. The molecule has 0 bridgehead atoms. The smallest absolute Gasteiger partial charge is 0.0995 e.